The monoisotopic (exact) mass is 285 g/mol. The zero-order valence-electron chi connectivity index (χ0n) is 10.8. The lowest BCUT2D eigenvalue weighted by Gasteiger charge is -2.36. The van der Waals surface area contributed by atoms with Crippen LogP contribution in [0.15, 0.2) is 11.4 Å². The summed E-state index contributed by atoms with van der Waals surface area (Å²) in [4.78, 5) is 13.2. The Morgan fingerprint density at radius 2 is 2.17 bits per heavy atom. The highest BCUT2D eigenvalue weighted by Gasteiger charge is 2.33. The second kappa shape index (κ2) is 6.07. The van der Waals surface area contributed by atoms with E-state index in [1.54, 1.807) is 0 Å². The number of carbonyl (C=O) groups excluding carboxylic acids is 1. The van der Waals surface area contributed by atoms with Gasteiger partial charge in [0.05, 0.1) is 10.4 Å². The van der Waals surface area contributed by atoms with Gasteiger partial charge in [-0.1, -0.05) is 26.2 Å². The van der Waals surface area contributed by atoms with Gasteiger partial charge < -0.3 is 5.32 Å². The van der Waals surface area contributed by atoms with Crippen molar-refractivity contribution < 1.29 is 4.79 Å². The van der Waals surface area contributed by atoms with Gasteiger partial charge in [-0.2, -0.15) is 0 Å². The Balaban J connectivity index is 2.10. The van der Waals surface area contributed by atoms with Crippen molar-refractivity contribution in [1.82, 2.24) is 5.32 Å². The number of carbonyl (C=O) groups is 1. The molecule has 1 aromatic heterocycles. The van der Waals surface area contributed by atoms with Crippen LogP contribution in [0.3, 0.4) is 0 Å². The van der Waals surface area contributed by atoms with Gasteiger partial charge in [0.1, 0.15) is 0 Å². The van der Waals surface area contributed by atoms with Crippen molar-refractivity contribution in [3.8, 4) is 0 Å². The van der Waals surface area contributed by atoms with Crippen molar-refractivity contribution in [2.75, 3.05) is 5.88 Å². The van der Waals surface area contributed by atoms with E-state index < -0.39 is 0 Å². The molecule has 4 heteroatoms. The summed E-state index contributed by atoms with van der Waals surface area (Å²) >= 11 is 7.63. The van der Waals surface area contributed by atoms with E-state index in [0.717, 1.165) is 42.5 Å². The predicted octanol–water partition coefficient (Wildman–Crippen LogP) is 3.98. The Morgan fingerprint density at radius 1 is 1.44 bits per heavy atom. The van der Waals surface area contributed by atoms with Gasteiger partial charge in [-0.15, -0.1) is 22.9 Å². The molecule has 0 aromatic carbocycles. The number of nitrogens with one attached hydrogen (secondary N) is 1. The van der Waals surface area contributed by atoms with E-state index in [4.69, 9.17) is 11.6 Å². The van der Waals surface area contributed by atoms with Gasteiger partial charge in [-0.3, -0.25) is 4.79 Å². The summed E-state index contributed by atoms with van der Waals surface area (Å²) in [7, 11) is 0. The van der Waals surface area contributed by atoms with Crippen LogP contribution in [0.5, 0.6) is 0 Å². The van der Waals surface area contributed by atoms with Gasteiger partial charge in [0.15, 0.2) is 0 Å². The molecular formula is C14H20ClNOS. The maximum Gasteiger partial charge on any atom is 0.262 e. The topological polar surface area (TPSA) is 29.1 Å². The third-order valence-corrected chi connectivity index (χ3v) is 5.25. The summed E-state index contributed by atoms with van der Waals surface area (Å²) in [6.45, 7) is 2.08. The fraction of sp³-hybridized carbons (Fsp3) is 0.643. The maximum absolute atomic E-state index is 12.4. The maximum atomic E-state index is 12.4. The molecule has 1 fully saturated rings. The summed E-state index contributed by atoms with van der Waals surface area (Å²) in [5.41, 5.74) is 0.962. The van der Waals surface area contributed by atoms with Gasteiger partial charge in [-0.25, -0.2) is 0 Å². The Labute approximate surface area is 118 Å². The van der Waals surface area contributed by atoms with Crippen LogP contribution in [-0.4, -0.2) is 17.3 Å². The first kappa shape index (κ1) is 13.9. The molecule has 0 saturated heterocycles. The van der Waals surface area contributed by atoms with Crippen LogP contribution >= 0.6 is 22.9 Å². The van der Waals surface area contributed by atoms with Crippen LogP contribution in [-0.2, 0) is 6.42 Å². The number of thiophene rings is 1. The molecule has 1 saturated carbocycles. The Hall–Kier alpha value is -0.540. The summed E-state index contributed by atoms with van der Waals surface area (Å²) in [6, 6.07) is 2.04. The number of hydrogen-bond acceptors (Lipinski definition) is 2. The molecule has 1 aliphatic carbocycles. The number of amides is 1. The average Bonchev–Trinajstić information content (AvgIpc) is 2.88. The van der Waals surface area contributed by atoms with E-state index in [1.807, 2.05) is 11.4 Å². The van der Waals surface area contributed by atoms with Crippen molar-refractivity contribution in [2.45, 2.75) is 51.0 Å². The molecule has 2 rings (SSSR count). The molecule has 1 N–H and O–H groups in total. The fourth-order valence-electron chi connectivity index (χ4n) is 2.63. The Kier molecular flexibility index (Phi) is 4.68. The largest absolute Gasteiger partial charge is 0.345 e. The molecular weight excluding hydrogens is 266 g/mol. The summed E-state index contributed by atoms with van der Waals surface area (Å²) in [6.07, 6.45) is 6.51. The van der Waals surface area contributed by atoms with Crippen LogP contribution in [0.25, 0.3) is 0 Å². The number of halogens is 1. The number of rotatable bonds is 4. The Bertz CT molecular complexity index is 410. The van der Waals surface area contributed by atoms with Gasteiger partial charge in [0, 0.05) is 5.88 Å². The highest BCUT2D eigenvalue weighted by Crippen LogP contribution is 2.30. The molecule has 1 aliphatic rings. The van der Waals surface area contributed by atoms with Crippen LogP contribution in [0, 0.1) is 0 Å². The van der Waals surface area contributed by atoms with E-state index in [0.29, 0.717) is 5.88 Å². The summed E-state index contributed by atoms with van der Waals surface area (Å²) in [5.74, 6) is 0.579. The fourth-order valence-corrected chi connectivity index (χ4v) is 3.86. The molecule has 0 atom stereocenters. The smallest absolute Gasteiger partial charge is 0.262 e. The minimum absolute atomic E-state index is 0.0596. The van der Waals surface area contributed by atoms with E-state index in [2.05, 4.69) is 12.2 Å². The molecule has 0 radical (unpaired) electrons. The lowest BCUT2D eigenvalue weighted by molar-refractivity contribution is 0.0888. The normalized spacial score (nSPS) is 18.6. The van der Waals surface area contributed by atoms with Crippen LogP contribution in [0.4, 0.5) is 0 Å². The summed E-state index contributed by atoms with van der Waals surface area (Å²) < 4.78 is 0. The van der Waals surface area contributed by atoms with Gasteiger partial charge in [0.2, 0.25) is 0 Å². The number of alkyl halides is 1. The van der Waals surface area contributed by atoms with Crippen LogP contribution in [0.1, 0.15) is 54.3 Å². The van der Waals surface area contributed by atoms with Crippen molar-refractivity contribution >= 4 is 28.8 Å². The van der Waals surface area contributed by atoms with Crippen molar-refractivity contribution in [3.63, 3.8) is 0 Å². The van der Waals surface area contributed by atoms with Crippen molar-refractivity contribution in [2.24, 2.45) is 0 Å². The molecule has 0 bridgehead atoms. The van der Waals surface area contributed by atoms with E-state index in [1.165, 1.54) is 17.8 Å². The quantitative estimate of drug-likeness (QED) is 0.833. The second-order valence-corrected chi connectivity index (χ2v) is 6.24. The molecule has 1 aromatic rings. The SMILES string of the molecule is CCc1ccsc1C(=O)NC1(CCl)CCCCC1. The van der Waals surface area contributed by atoms with Crippen LogP contribution < -0.4 is 5.32 Å². The van der Waals surface area contributed by atoms with Crippen molar-refractivity contribution in [1.29, 1.82) is 0 Å². The lowest BCUT2D eigenvalue weighted by atomic mass is 9.83. The Morgan fingerprint density at radius 3 is 2.78 bits per heavy atom. The van der Waals surface area contributed by atoms with Gasteiger partial charge in [0.25, 0.3) is 5.91 Å². The highest BCUT2D eigenvalue weighted by atomic mass is 35.5. The van der Waals surface area contributed by atoms with E-state index >= 15 is 0 Å². The minimum atomic E-state index is -0.175. The zero-order valence-corrected chi connectivity index (χ0v) is 12.4. The molecule has 0 unspecified atom stereocenters. The second-order valence-electron chi connectivity index (χ2n) is 5.06. The number of aryl methyl sites for hydroxylation is 1. The molecule has 0 spiro atoms. The molecule has 0 aliphatic heterocycles. The molecule has 18 heavy (non-hydrogen) atoms. The van der Waals surface area contributed by atoms with Gasteiger partial charge in [-0.05, 0) is 36.3 Å². The van der Waals surface area contributed by atoms with E-state index in [-0.39, 0.29) is 11.4 Å². The first-order chi connectivity index (χ1) is 8.71. The zero-order chi connectivity index (χ0) is 13.0. The highest BCUT2D eigenvalue weighted by molar-refractivity contribution is 7.12. The first-order valence-electron chi connectivity index (χ1n) is 6.65. The van der Waals surface area contributed by atoms with Crippen LogP contribution in [0.2, 0.25) is 0 Å². The third kappa shape index (κ3) is 2.89. The molecule has 1 heterocycles. The molecule has 100 valence electrons. The third-order valence-electron chi connectivity index (χ3n) is 3.78. The molecule has 1 amide bonds. The standard InChI is InChI=1S/C14H20ClNOS/c1-2-11-6-9-18-12(11)13(17)16-14(10-15)7-4-3-5-8-14/h6,9H,2-5,7-8,10H2,1H3,(H,16,17). The van der Waals surface area contributed by atoms with E-state index in [9.17, 15) is 4.79 Å². The summed E-state index contributed by atoms with van der Waals surface area (Å²) in [5, 5.41) is 5.19. The number of hydrogen-bond donors (Lipinski definition) is 1. The lowest BCUT2D eigenvalue weighted by Crippen LogP contribution is -2.51. The van der Waals surface area contributed by atoms with Gasteiger partial charge >= 0.3 is 0 Å². The average molecular weight is 286 g/mol. The minimum Gasteiger partial charge on any atom is -0.345 e. The first-order valence-corrected chi connectivity index (χ1v) is 8.07. The predicted molar refractivity (Wildman–Crippen MR) is 77.7 cm³/mol. The van der Waals surface area contributed by atoms with Crippen molar-refractivity contribution in [3.05, 3.63) is 21.9 Å². The molecule has 2 nitrogen and oxygen atoms in total.